The van der Waals surface area contributed by atoms with Gasteiger partial charge < -0.3 is 15.0 Å². The van der Waals surface area contributed by atoms with Gasteiger partial charge in [0.2, 0.25) is 0 Å². The largest absolute Gasteiger partial charge is 0.381 e. The van der Waals surface area contributed by atoms with Crippen LogP contribution in [0, 0.1) is 5.92 Å². The molecule has 2 aromatic rings. The molecule has 3 rings (SSSR count). The second-order valence-corrected chi connectivity index (χ2v) is 6.14. The Hall–Kier alpha value is -2.34. The second kappa shape index (κ2) is 7.49. The molecule has 128 valence electrons. The van der Waals surface area contributed by atoms with E-state index in [9.17, 15) is 4.79 Å². The fraction of sp³-hybridized carbons (Fsp3) is 0.444. The lowest BCUT2D eigenvalue weighted by Gasteiger charge is -2.17. The zero-order valence-corrected chi connectivity index (χ0v) is 14.2. The number of aromatic nitrogens is 2. The summed E-state index contributed by atoms with van der Waals surface area (Å²) in [5.74, 6) is 1.07. The molecule has 6 nitrogen and oxygen atoms in total. The van der Waals surface area contributed by atoms with Crippen LogP contribution < -0.4 is 10.2 Å². The Morgan fingerprint density at radius 1 is 1.38 bits per heavy atom. The molecule has 0 radical (unpaired) electrons. The predicted molar refractivity (Wildman–Crippen MR) is 94.5 cm³/mol. The van der Waals surface area contributed by atoms with Gasteiger partial charge in [-0.3, -0.25) is 4.79 Å². The van der Waals surface area contributed by atoms with Gasteiger partial charge in [-0.1, -0.05) is 0 Å². The third-order valence-corrected chi connectivity index (χ3v) is 4.46. The molecule has 2 heterocycles. The van der Waals surface area contributed by atoms with Gasteiger partial charge in [0.05, 0.1) is 12.8 Å². The fourth-order valence-corrected chi connectivity index (χ4v) is 2.79. The van der Waals surface area contributed by atoms with E-state index in [1.54, 1.807) is 6.20 Å². The Labute approximate surface area is 142 Å². The molecular formula is C18H24N4O2. The first kappa shape index (κ1) is 16.5. The number of nitrogens with zero attached hydrogens (tertiary/aromatic N) is 3. The van der Waals surface area contributed by atoms with E-state index in [1.165, 1.54) is 0 Å². The molecule has 0 bridgehead atoms. The van der Waals surface area contributed by atoms with Crippen molar-refractivity contribution in [2.75, 3.05) is 37.0 Å². The van der Waals surface area contributed by atoms with E-state index < -0.39 is 0 Å². The minimum Gasteiger partial charge on any atom is -0.381 e. The van der Waals surface area contributed by atoms with Crippen molar-refractivity contribution in [1.29, 1.82) is 0 Å². The van der Waals surface area contributed by atoms with Crippen LogP contribution in [0.4, 0.5) is 11.5 Å². The van der Waals surface area contributed by atoms with Gasteiger partial charge in [-0.2, -0.15) is 5.10 Å². The molecule has 1 aliphatic heterocycles. The van der Waals surface area contributed by atoms with Crippen molar-refractivity contribution in [2.45, 2.75) is 19.9 Å². The molecule has 1 saturated heterocycles. The van der Waals surface area contributed by atoms with Crippen LogP contribution in [0.5, 0.6) is 0 Å². The number of rotatable bonds is 6. The predicted octanol–water partition coefficient (Wildman–Crippen LogP) is 2.63. The van der Waals surface area contributed by atoms with E-state index in [0.29, 0.717) is 11.5 Å². The van der Waals surface area contributed by atoms with Gasteiger partial charge >= 0.3 is 0 Å². The minimum absolute atomic E-state index is 0.120. The second-order valence-electron chi connectivity index (χ2n) is 6.14. The molecule has 0 spiro atoms. The van der Waals surface area contributed by atoms with Crippen molar-refractivity contribution in [2.24, 2.45) is 5.92 Å². The van der Waals surface area contributed by atoms with E-state index in [1.807, 2.05) is 42.1 Å². The number of amides is 1. The lowest BCUT2D eigenvalue weighted by Crippen LogP contribution is -2.19. The maximum Gasteiger partial charge on any atom is 0.256 e. The summed E-state index contributed by atoms with van der Waals surface area (Å²) in [6, 6.07) is 9.45. The zero-order chi connectivity index (χ0) is 16.9. The Kier molecular flexibility index (Phi) is 5.15. The molecule has 0 saturated carbocycles. The van der Waals surface area contributed by atoms with Crippen LogP contribution in [0.15, 0.2) is 36.5 Å². The number of benzene rings is 1. The highest BCUT2D eigenvalue weighted by Gasteiger charge is 2.18. The van der Waals surface area contributed by atoms with E-state index in [4.69, 9.17) is 4.74 Å². The number of anilines is 2. The number of carbonyl (C=O) groups excluding carboxylic acids is 1. The maximum absolute atomic E-state index is 12.5. The highest BCUT2D eigenvalue weighted by atomic mass is 16.5. The Bertz CT molecular complexity index is 675. The number of carbonyl (C=O) groups is 1. The molecule has 24 heavy (non-hydrogen) atoms. The van der Waals surface area contributed by atoms with Gasteiger partial charge in [-0.05, 0) is 37.6 Å². The van der Waals surface area contributed by atoms with Crippen LogP contribution in [-0.4, -0.2) is 42.5 Å². The fourth-order valence-electron chi connectivity index (χ4n) is 2.79. The van der Waals surface area contributed by atoms with Crippen molar-refractivity contribution in [1.82, 2.24) is 9.78 Å². The van der Waals surface area contributed by atoms with Crippen molar-refractivity contribution in [3.63, 3.8) is 0 Å². The summed E-state index contributed by atoms with van der Waals surface area (Å²) in [6.45, 7) is 5.36. The minimum atomic E-state index is -0.120. The molecule has 1 fully saturated rings. The monoisotopic (exact) mass is 328 g/mol. The van der Waals surface area contributed by atoms with Crippen molar-refractivity contribution in [3.8, 4) is 0 Å². The lowest BCUT2D eigenvalue weighted by molar-refractivity contribution is 0.102. The van der Waals surface area contributed by atoms with Gasteiger partial charge in [0.25, 0.3) is 5.91 Å². The molecule has 0 unspecified atom stereocenters. The molecule has 1 aliphatic rings. The Morgan fingerprint density at radius 2 is 2.17 bits per heavy atom. The first-order valence-corrected chi connectivity index (χ1v) is 8.39. The highest BCUT2D eigenvalue weighted by Crippen LogP contribution is 2.18. The highest BCUT2D eigenvalue weighted by molar-refractivity contribution is 6.04. The normalized spacial score (nSPS) is 17.0. The molecule has 1 N–H and O–H groups in total. The van der Waals surface area contributed by atoms with Crippen molar-refractivity contribution < 1.29 is 9.53 Å². The van der Waals surface area contributed by atoms with Crippen molar-refractivity contribution in [3.05, 3.63) is 42.1 Å². The molecule has 0 aliphatic carbocycles. The summed E-state index contributed by atoms with van der Waals surface area (Å²) in [5, 5.41) is 7.27. The number of hydrogen-bond donors (Lipinski definition) is 1. The number of nitrogens with one attached hydrogen (secondary N) is 1. The van der Waals surface area contributed by atoms with Crippen LogP contribution >= 0.6 is 0 Å². The Morgan fingerprint density at radius 3 is 2.83 bits per heavy atom. The zero-order valence-electron chi connectivity index (χ0n) is 14.2. The SMILES string of the molecule is CCN(C)c1ccc(C(=O)Nc2ccnn2C[C@@H]2CCOC2)cc1. The van der Waals surface area contributed by atoms with E-state index in [2.05, 4.69) is 22.2 Å². The molecular weight excluding hydrogens is 304 g/mol. The van der Waals surface area contributed by atoms with Crippen LogP contribution in [0.3, 0.4) is 0 Å². The molecule has 1 aromatic carbocycles. The summed E-state index contributed by atoms with van der Waals surface area (Å²) in [5.41, 5.74) is 1.74. The molecule has 6 heteroatoms. The van der Waals surface area contributed by atoms with Gasteiger partial charge in [0.15, 0.2) is 0 Å². The third kappa shape index (κ3) is 3.76. The van der Waals surface area contributed by atoms with Crippen LogP contribution in [0.25, 0.3) is 0 Å². The van der Waals surface area contributed by atoms with Gasteiger partial charge in [-0.25, -0.2) is 4.68 Å². The van der Waals surface area contributed by atoms with Gasteiger partial charge in [0, 0.05) is 50.0 Å². The summed E-state index contributed by atoms with van der Waals surface area (Å²) < 4.78 is 7.25. The summed E-state index contributed by atoms with van der Waals surface area (Å²) >= 11 is 0. The van der Waals surface area contributed by atoms with Gasteiger partial charge in [-0.15, -0.1) is 0 Å². The van der Waals surface area contributed by atoms with E-state index >= 15 is 0 Å². The third-order valence-electron chi connectivity index (χ3n) is 4.46. The van der Waals surface area contributed by atoms with E-state index in [-0.39, 0.29) is 5.91 Å². The molecule has 1 aromatic heterocycles. The smallest absolute Gasteiger partial charge is 0.256 e. The number of ether oxygens (including phenoxy) is 1. The quantitative estimate of drug-likeness (QED) is 0.885. The summed E-state index contributed by atoms with van der Waals surface area (Å²) in [6.07, 6.45) is 2.75. The summed E-state index contributed by atoms with van der Waals surface area (Å²) in [4.78, 5) is 14.6. The van der Waals surface area contributed by atoms with Crippen LogP contribution in [0.2, 0.25) is 0 Å². The molecule has 1 amide bonds. The topological polar surface area (TPSA) is 59.4 Å². The standard InChI is InChI=1S/C18H24N4O2/c1-3-21(2)16-6-4-15(5-7-16)18(23)20-17-8-10-19-22(17)12-14-9-11-24-13-14/h4-8,10,14H,3,9,11-13H2,1-2H3,(H,20,23)/t14-/m0/s1. The summed E-state index contributed by atoms with van der Waals surface area (Å²) in [7, 11) is 2.03. The van der Waals surface area contributed by atoms with E-state index in [0.717, 1.165) is 44.2 Å². The average Bonchev–Trinajstić information content (AvgIpc) is 3.27. The van der Waals surface area contributed by atoms with Crippen LogP contribution in [-0.2, 0) is 11.3 Å². The van der Waals surface area contributed by atoms with Crippen molar-refractivity contribution >= 4 is 17.4 Å². The molecule has 1 atom stereocenters. The average molecular weight is 328 g/mol. The first-order chi connectivity index (χ1) is 11.7. The van der Waals surface area contributed by atoms with Crippen LogP contribution in [0.1, 0.15) is 23.7 Å². The Balaban J connectivity index is 1.65. The van der Waals surface area contributed by atoms with Gasteiger partial charge in [0.1, 0.15) is 5.82 Å². The first-order valence-electron chi connectivity index (χ1n) is 8.39. The lowest BCUT2D eigenvalue weighted by atomic mass is 10.1. The maximum atomic E-state index is 12.5. The number of hydrogen-bond acceptors (Lipinski definition) is 4.